The molecule has 0 aliphatic heterocycles. The van der Waals surface area contributed by atoms with Crippen molar-refractivity contribution in [2.75, 3.05) is 5.32 Å². The summed E-state index contributed by atoms with van der Waals surface area (Å²) < 4.78 is 1.74. The highest BCUT2D eigenvalue weighted by atomic mass is 35.5. The van der Waals surface area contributed by atoms with Crippen LogP contribution in [0.5, 0.6) is 0 Å². The molecule has 168 valence electrons. The Morgan fingerprint density at radius 1 is 1.03 bits per heavy atom. The van der Waals surface area contributed by atoms with Gasteiger partial charge in [0.05, 0.1) is 22.8 Å². The zero-order valence-electron chi connectivity index (χ0n) is 18.3. The molecule has 0 atom stereocenters. The van der Waals surface area contributed by atoms with Crippen molar-refractivity contribution < 1.29 is 9.59 Å². The molecule has 2 amide bonds. The van der Waals surface area contributed by atoms with Crippen molar-refractivity contribution in [2.24, 2.45) is 0 Å². The normalized spacial score (nSPS) is 10.8. The Balaban J connectivity index is 1.62. The zero-order chi connectivity index (χ0) is 23.3. The number of amides is 2. The highest BCUT2D eigenvalue weighted by molar-refractivity contribution is 6.35. The average molecular weight is 473 g/mol. The van der Waals surface area contributed by atoms with E-state index in [0.717, 1.165) is 40.3 Å². The SMILES string of the molecule is CCCC(=O)Nc1ccc(CNC(=O)Cc2c(C)nn(-c3ccc(Cl)cc3Cl)c2C)cc1. The van der Waals surface area contributed by atoms with E-state index in [4.69, 9.17) is 23.2 Å². The summed E-state index contributed by atoms with van der Waals surface area (Å²) in [6.45, 7) is 6.16. The van der Waals surface area contributed by atoms with Crippen LogP contribution in [0.25, 0.3) is 5.69 Å². The molecular weight excluding hydrogens is 447 g/mol. The molecule has 3 rings (SSSR count). The summed E-state index contributed by atoms with van der Waals surface area (Å²) in [4.78, 5) is 24.3. The molecule has 0 unspecified atom stereocenters. The van der Waals surface area contributed by atoms with Gasteiger partial charge in [-0.25, -0.2) is 4.68 Å². The molecule has 0 fully saturated rings. The maximum absolute atomic E-state index is 12.6. The fourth-order valence-electron chi connectivity index (χ4n) is 3.40. The lowest BCUT2D eigenvalue weighted by molar-refractivity contribution is -0.120. The average Bonchev–Trinajstić information content (AvgIpc) is 3.01. The molecule has 32 heavy (non-hydrogen) atoms. The standard InChI is InChI=1S/C24H26Cl2N4O2/c1-4-5-23(31)28-19-9-6-17(7-10-19)14-27-24(32)13-20-15(2)29-30(16(20)3)22-11-8-18(25)12-21(22)26/h6-12H,4-5,13-14H2,1-3H3,(H,27,32)(H,28,31). The first-order valence-electron chi connectivity index (χ1n) is 10.4. The Kier molecular flexibility index (Phi) is 7.94. The first kappa shape index (κ1) is 23.8. The first-order valence-corrected chi connectivity index (χ1v) is 11.2. The summed E-state index contributed by atoms with van der Waals surface area (Å²) in [5.74, 6) is -0.0991. The van der Waals surface area contributed by atoms with Gasteiger partial charge in [-0.1, -0.05) is 42.3 Å². The Hall–Kier alpha value is -2.83. The van der Waals surface area contributed by atoms with E-state index in [-0.39, 0.29) is 18.2 Å². The second-order valence-electron chi connectivity index (χ2n) is 7.61. The number of carbonyl (C=O) groups excluding carboxylic acids is 2. The summed E-state index contributed by atoms with van der Waals surface area (Å²) in [7, 11) is 0. The number of benzene rings is 2. The van der Waals surface area contributed by atoms with E-state index in [0.29, 0.717) is 23.0 Å². The first-order chi connectivity index (χ1) is 15.3. The molecule has 2 N–H and O–H groups in total. The summed E-state index contributed by atoms with van der Waals surface area (Å²) in [6.07, 6.45) is 1.52. The lowest BCUT2D eigenvalue weighted by Gasteiger charge is -2.09. The smallest absolute Gasteiger partial charge is 0.224 e. The third-order valence-electron chi connectivity index (χ3n) is 5.12. The quantitative estimate of drug-likeness (QED) is 0.461. The maximum atomic E-state index is 12.6. The fraction of sp³-hybridized carbons (Fsp3) is 0.292. The molecule has 8 heteroatoms. The molecule has 1 heterocycles. The van der Waals surface area contributed by atoms with Gasteiger partial charge >= 0.3 is 0 Å². The molecule has 0 spiro atoms. The van der Waals surface area contributed by atoms with Gasteiger partial charge in [-0.15, -0.1) is 0 Å². The van der Waals surface area contributed by atoms with Crippen molar-refractivity contribution in [2.45, 2.75) is 46.6 Å². The topological polar surface area (TPSA) is 76.0 Å². The van der Waals surface area contributed by atoms with Crippen molar-refractivity contribution >= 4 is 40.7 Å². The van der Waals surface area contributed by atoms with Gasteiger partial charge in [0.1, 0.15) is 0 Å². The minimum absolute atomic E-state index is 0.000253. The summed E-state index contributed by atoms with van der Waals surface area (Å²) in [5.41, 5.74) is 4.91. The van der Waals surface area contributed by atoms with Crippen molar-refractivity contribution in [1.29, 1.82) is 0 Å². The lowest BCUT2D eigenvalue weighted by atomic mass is 10.1. The Morgan fingerprint density at radius 2 is 1.75 bits per heavy atom. The number of nitrogens with one attached hydrogen (secondary N) is 2. The molecule has 3 aromatic rings. The van der Waals surface area contributed by atoms with Gasteiger partial charge in [-0.3, -0.25) is 9.59 Å². The minimum Gasteiger partial charge on any atom is -0.352 e. The lowest BCUT2D eigenvalue weighted by Crippen LogP contribution is -2.25. The van der Waals surface area contributed by atoms with Crippen molar-refractivity contribution in [3.63, 3.8) is 0 Å². The van der Waals surface area contributed by atoms with E-state index in [1.54, 1.807) is 16.8 Å². The van der Waals surface area contributed by atoms with Crippen LogP contribution in [0.2, 0.25) is 10.0 Å². The second kappa shape index (κ2) is 10.7. The third-order valence-corrected chi connectivity index (χ3v) is 5.66. The molecular formula is C24H26Cl2N4O2. The van der Waals surface area contributed by atoms with Gasteiger partial charge in [-0.05, 0) is 56.2 Å². The van der Waals surface area contributed by atoms with Crippen molar-refractivity contribution in [3.8, 4) is 5.69 Å². The van der Waals surface area contributed by atoms with Crippen LogP contribution >= 0.6 is 23.2 Å². The second-order valence-corrected chi connectivity index (χ2v) is 8.45. The number of halogens is 2. The van der Waals surface area contributed by atoms with Crippen LogP contribution in [0, 0.1) is 13.8 Å². The Bertz CT molecular complexity index is 1120. The van der Waals surface area contributed by atoms with Gasteiger partial charge in [0.15, 0.2) is 0 Å². The summed E-state index contributed by atoms with van der Waals surface area (Å²) in [6, 6.07) is 12.7. The van der Waals surface area contributed by atoms with Gasteiger partial charge in [0, 0.05) is 34.9 Å². The van der Waals surface area contributed by atoms with E-state index < -0.39 is 0 Å². The Labute approximate surface area is 197 Å². The van der Waals surface area contributed by atoms with Gasteiger partial charge in [0.25, 0.3) is 0 Å². The third kappa shape index (κ3) is 5.90. The number of nitrogens with zero attached hydrogens (tertiary/aromatic N) is 2. The van der Waals surface area contributed by atoms with E-state index >= 15 is 0 Å². The number of anilines is 1. The highest BCUT2D eigenvalue weighted by Gasteiger charge is 2.17. The van der Waals surface area contributed by atoms with E-state index in [9.17, 15) is 9.59 Å². The highest BCUT2D eigenvalue weighted by Crippen LogP contribution is 2.27. The van der Waals surface area contributed by atoms with Gasteiger partial charge in [0.2, 0.25) is 11.8 Å². The van der Waals surface area contributed by atoms with E-state index in [1.165, 1.54) is 0 Å². The largest absolute Gasteiger partial charge is 0.352 e. The number of carbonyl (C=O) groups is 2. The molecule has 0 aliphatic rings. The number of rotatable bonds is 8. The molecule has 2 aromatic carbocycles. The molecule has 0 saturated carbocycles. The number of hydrogen-bond donors (Lipinski definition) is 2. The number of hydrogen-bond acceptors (Lipinski definition) is 3. The fourth-order valence-corrected chi connectivity index (χ4v) is 3.89. The van der Waals surface area contributed by atoms with Crippen LogP contribution < -0.4 is 10.6 Å². The van der Waals surface area contributed by atoms with Crippen molar-refractivity contribution in [3.05, 3.63) is 75.0 Å². The number of aromatic nitrogens is 2. The van der Waals surface area contributed by atoms with Crippen LogP contribution in [-0.4, -0.2) is 21.6 Å². The summed E-state index contributed by atoms with van der Waals surface area (Å²) in [5, 5.41) is 11.4. The molecule has 0 bridgehead atoms. The molecule has 0 saturated heterocycles. The maximum Gasteiger partial charge on any atom is 0.224 e. The van der Waals surface area contributed by atoms with E-state index in [2.05, 4.69) is 15.7 Å². The zero-order valence-corrected chi connectivity index (χ0v) is 19.8. The minimum atomic E-state index is -0.0988. The monoisotopic (exact) mass is 472 g/mol. The van der Waals surface area contributed by atoms with Crippen molar-refractivity contribution in [1.82, 2.24) is 15.1 Å². The van der Waals surface area contributed by atoms with Crippen LogP contribution in [0.1, 0.15) is 42.3 Å². The predicted octanol–water partition coefficient (Wildman–Crippen LogP) is 5.39. The van der Waals surface area contributed by atoms with Crippen LogP contribution in [0.4, 0.5) is 5.69 Å². The number of aryl methyl sites for hydroxylation is 1. The molecule has 1 aromatic heterocycles. The molecule has 0 aliphatic carbocycles. The van der Waals surface area contributed by atoms with Gasteiger partial charge in [-0.2, -0.15) is 5.10 Å². The van der Waals surface area contributed by atoms with Crippen LogP contribution in [-0.2, 0) is 22.6 Å². The van der Waals surface area contributed by atoms with Crippen LogP contribution in [0.3, 0.4) is 0 Å². The Morgan fingerprint density at radius 3 is 2.41 bits per heavy atom. The van der Waals surface area contributed by atoms with E-state index in [1.807, 2.05) is 51.1 Å². The predicted molar refractivity (Wildman–Crippen MR) is 129 cm³/mol. The summed E-state index contributed by atoms with van der Waals surface area (Å²) >= 11 is 12.3. The van der Waals surface area contributed by atoms with Gasteiger partial charge < -0.3 is 10.6 Å². The van der Waals surface area contributed by atoms with Crippen LogP contribution in [0.15, 0.2) is 42.5 Å². The molecule has 0 radical (unpaired) electrons. The molecule has 6 nitrogen and oxygen atoms in total.